The van der Waals surface area contributed by atoms with Crippen LogP contribution in [-0.2, 0) is 5.54 Å². The first-order valence-electron chi connectivity index (χ1n) is 9.53. The summed E-state index contributed by atoms with van der Waals surface area (Å²) >= 11 is 0. The Bertz CT molecular complexity index is 1210. The zero-order chi connectivity index (χ0) is 19.1. The van der Waals surface area contributed by atoms with Gasteiger partial charge in [-0.05, 0) is 42.5 Å². The fraction of sp³-hybridized carbons (Fsp3) is 0.167. The van der Waals surface area contributed by atoms with Crippen LogP contribution in [0.1, 0.15) is 24.8 Å². The van der Waals surface area contributed by atoms with Gasteiger partial charge in [-0.2, -0.15) is 0 Å². The highest BCUT2D eigenvalue weighted by atomic mass is 16.3. The van der Waals surface area contributed by atoms with E-state index in [0.29, 0.717) is 22.4 Å². The van der Waals surface area contributed by atoms with Gasteiger partial charge < -0.3 is 10.2 Å². The number of benzene rings is 2. The summed E-state index contributed by atoms with van der Waals surface area (Å²) in [4.78, 5) is 17.6. The van der Waals surface area contributed by atoms with Crippen molar-refractivity contribution >= 4 is 11.1 Å². The van der Waals surface area contributed by atoms with E-state index in [9.17, 15) is 4.79 Å². The van der Waals surface area contributed by atoms with E-state index in [0.717, 1.165) is 36.0 Å². The molecule has 0 atom stereocenters. The van der Waals surface area contributed by atoms with E-state index in [1.165, 1.54) is 0 Å². The smallest absolute Gasteiger partial charge is 0.230 e. The van der Waals surface area contributed by atoms with Gasteiger partial charge in [0.1, 0.15) is 5.76 Å². The van der Waals surface area contributed by atoms with Crippen LogP contribution in [-0.4, -0.2) is 4.98 Å². The molecule has 4 nitrogen and oxygen atoms in total. The van der Waals surface area contributed by atoms with Crippen LogP contribution in [0.25, 0.3) is 33.6 Å². The van der Waals surface area contributed by atoms with Gasteiger partial charge in [-0.25, -0.2) is 4.98 Å². The first-order chi connectivity index (χ1) is 13.7. The second kappa shape index (κ2) is 6.43. The van der Waals surface area contributed by atoms with Gasteiger partial charge in [-0.3, -0.25) is 4.79 Å². The van der Waals surface area contributed by atoms with Crippen molar-refractivity contribution in [2.45, 2.75) is 24.8 Å². The van der Waals surface area contributed by atoms with E-state index >= 15 is 0 Å². The minimum absolute atomic E-state index is 0.0768. The fourth-order valence-electron chi connectivity index (χ4n) is 3.90. The van der Waals surface area contributed by atoms with Gasteiger partial charge in [0, 0.05) is 17.3 Å². The zero-order valence-electron chi connectivity index (χ0n) is 15.4. The van der Waals surface area contributed by atoms with Crippen LogP contribution in [0.15, 0.2) is 82.1 Å². The molecule has 4 aromatic rings. The van der Waals surface area contributed by atoms with Crippen LogP contribution in [0.3, 0.4) is 0 Å². The number of aromatic nitrogens is 1. The number of nitrogens with zero attached hydrogens (tertiary/aromatic N) is 1. The normalized spacial score (nSPS) is 15.3. The third-order valence-corrected chi connectivity index (χ3v) is 5.70. The lowest BCUT2D eigenvalue weighted by molar-refractivity contribution is 0.253. The maximum atomic E-state index is 13.3. The molecule has 2 heterocycles. The largest absolute Gasteiger partial charge is 0.437 e. The summed E-state index contributed by atoms with van der Waals surface area (Å²) < 4.78 is 6.11. The monoisotopic (exact) mass is 368 g/mol. The van der Waals surface area contributed by atoms with Crippen molar-refractivity contribution in [3.05, 3.63) is 88.7 Å². The van der Waals surface area contributed by atoms with E-state index in [1.54, 1.807) is 18.3 Å². The summed E-state index contributed by atoms with van der Waals surface area (Å²) in [5.74, 6) is 0.538. The highest BCUT2D eigenvalue weighted by Crippen LogP contribution is 2.39. The fourth-order valence-corrected chi connectivity index (χ4v) is 3.90. The molecular weight excluding hydrogens is 348 g/mol. The topological polar surface area (TPSA) is 69.1 Å². The highest BCUT2D eigenvalue weighted by molar-refractivity contribution is 5.87. The average Bonchev–Trinajstić information content (AvgIpc) is 2.73. The van der Waals surface area contributed by atoms with Gasteiger partial charge in [0.15, 0.2) is 0 Å². The Morgan fingerprint density at radius 2 is 1.64 bits per heavy atom. The van der Waals surface area contributed by atoms with Crippen molar-refractivity contribution < 1.29 is 4.42 Å². The summed E-state index contributed by atoms with van der Waals surface area (Å²) in [7, 11) is 0. The summed E-state index contributed by atoms with van der Waals surface area (Å²) in [6.45, 7) is 0. The first-order valence-corrected chi connectivity index (χ1v) is 9.53. The number of pyridine rings is 1. The maximum Gasteiger partial charge on any atom is 0.230 e. The van der Waals surface area contributed by atoms with E-state index in [2.05, 4.69) is 4.98 Å². The predicted octanol–water partition coefficient (Wildman–Crippen LogP) is 4.86. The van der Waals surface area contributed by atoms with Crippen LogP contribution < -0.4 is 11.2 Å². The Hall–Kier alpha value is -3.24. The molecule has 5 rings (SSSR count). The molecule has 1 aliphatic rings. The molecule has 0 unspecified atom stereocenters. The average molecular weight is 368 g/mol. The number of nitrogens with two attached hydrogens (primary N) is 1. The van der Waals surface area contributed by atoms with Gasteiger partial charge in [-0.15, -0.1) is 0 Å². The number of hydrogen-bond acceptors (Lipinski definition) is 4. The molecule has 0 spiro atoms. The van der Waals surface area contributed by atoms with Crippen molar-refractivity contribution in [1.82, 2.24) is 4.98 Å². The van der Waals surface area contributed by atoms with Crippen molar-refractivity contribution in [2.75, 3.05) is 0 Å². The molecule has 0 aliphatic heterocycles. The van der Waals surface area contributed by atoms with E-state index < -0.39 is 0 Å². The molecule has 0 saturated heterocycles. The van der Waals surface area contributed by atoms with Crippen molar-refractivity contribution in [3.63, 3.8) is 0 Å². The number of rotatable bonds is 3. The van der Waals surface area contributed by atoms with Crippen LogP contribution >= 0.6 is 0 Å². The summed E-state index contributed by atoms with van der Waals surface area (Å²) in [6, 6.07) is 21.2. The Balaban J connectivity index is 1.74. The highest BCUT2D eigenvalue weighted by Gasteiger charge is 2.34. The summed E-state index contributed by atoms with van der Waals surface area (Å²) in [6.07, 6.45) is 4.81. The minimum atomic E-state index is -0.223. The molecule has 0 bridgehead atoms. The van der Waals surface area contributed by atoms with Crippen LogP contribution in [0.2, 0.25) is 0 Å². The van der Waals surface area contributed by atoms with Crippen LogP contribution in [0.5, 0.6) is 0 Å². The summed E-state index contributed by atoms with van der Waals surface area (Å²) in [5, 5.41) is 0.482. The Kier molecular flexibility index (Phi) is 3.88. The second-order valence-corrected chi connectivity index (χ2v) is 7.44. The van der Waals surface area contributed by atoms with Gasteiger partial charge in [-0.1, -0.05) is 54.6 Å². The van der Waals surface area contributed by atoms with Gasteiger partial charge in [0.25, 0.3) is 0 Å². The van der Waals surface area contributed by atoms with Gasteiger partial charge >= 0.3 is 0 Å². The van der Waals surface area contributed by atoms with Crippen molar-refractivity contribution in [2.24, 2.45) is 5.73 Å². The molecule has 0 radical (unpaired) electrons. The van der Waals surface area contributed by atoms with Crippen LogP contribution in [0.4, 0.5) is 0 Å². The summed E-state index contributed by atoms with van der Waals surface area (Å²) in [5.41, 5.74) is 9.84. The minimum Gasteiger partial charge on any atom is -0.437 e. The molecule has 4 heteroatoms. The lowest BCUT2D eigenvalue weighted by Gasteiger charge is -2.38. The Morgan fingerprint density at radius 3 is 2.32 bits per heavy atom. The van der Waals surface area contributed by atoms with E-state index in [1.807, 2.05) is 54.6 Å². The lowest BCUT2D eigenvalue weighted by atomic mass is 9.72. The maximum absolute atomic E-state index is 13.3. The standard InChI is InChI=1S/C24H20N2O2/c25-24(13-5-14-24)18-11-9-16(10-12-18)20-21(27)19-8-4-15-26-23(19)28-22(20)17-6-2-1-3-7-17/h1-4,6-12,15H,5,13-14,25H2. The molecule has 28 heavy (non-hydrogen) atoms. The number of fused-ring (bicyclic) bond motifs is 1. The Labute approximate surface area is 162 Å². The number of hydrogen-bond donors (Lipinski definition) is 1. The third kappa shape index (κ3) is 2.65. The first kappa shape index (κ1) is 16.9. The SMILES string of the molecule is NC1(c2ccc(-c3c(-c4ccccc4)oc4ncccc4c3=O)cc2)CCC1. The van der Waals surface area contributed by atoms with Crippen molar-refractivity contribution in [3.8, 4) is 22.5 Å². The molecule has 0 amide bonds. The molecule has 2 N–H and O–H groups in total. The molecule has 138 valence electrons. The molecule has 1 fully saturated rings. The molecule has 1 aliphatic carbocycles. The predicted molar refractivity (Wildman–Crippen MR) is 111 cm³/mol. The third-order valence-electron chi connectivity index (χ3n) is 5.70. The lowest BCUT2D eigenvalue weighted by Crippen LogP contribution is -2.43. The van der Waals surface area contributed by atoms with E-state index in [4.69, 9.17) is 10.2 Å². The zero-order valence-corrected chi connectivity index (χ0v) is 15.4. The molecule has 2 aromatic carbocycles. The molecule has 2 aromatic heterocycles. The van der Waals surface area contributed by atoms with Crippen molar-refractivity contribution in [1.29, 1.82) is 0 Å². The molecule has 1 saturated carbocycles. The molecular formula is C24H20N2O2. The quantitative estimate of drug-likeness (QED) is 0.561. The van der Waals surface area contributed by atoms with E-state index in [-0.39, 0.29) is 11.0 Å². The van der Waals surface area contributed by atoms with Crippen LogP contribution in [0, 0.1) is 0 Å². The Morgan fingerprint density at radius 1 is 0.893 bits per heavy atom. The van der Waals surface area contributed by atoms with Gasteiger partial charge in [0.2, 0.25) is 11.1 Å². The van der Waals surface area contributed by atoms with Gasteiger partial charge in [0.05, 0.1) is 10.9 Å². The second-order valence-electron chi connectivity index (χ2n) is 7.44.